The Hall–Kier alpha value is -2.84. The minimum absolute atomic E-state index is 0.106. The fraction of sp³-hybridized carbons (Fsp3) is 0.333. The highest BCUT2D eigenvalue weighted by Crippen LogP contribution is 2.35. The van der Waals surface area contributed by atoms with Gasteiger partial charge in [-0.05, 0) is 5.56 Å². The van der Waals surface area contributed by atoms with Crippen LogP contribution in [-0.2, 0) is 38.5 Å². The van der Waals surface area contributed by atoms with Crippen LogP contribution < -0.4 is 10.2 Å². The van der Waals surface area contributed by atoms with Gasteiger partial charge in [-0.2, -0.15) is 0 Å². The molecular formula is C21H23N2O5S+. The molecule has 0 spiro atoms. The van der Waals surface area contributed by atoms with Gasteiger partial charge in [-0.3, -0.25) is 4.79 Å². The molecule has 29 heavy (non-hydrogen) atoms. The van der Waals surface area contributed by atoms with E-state index in [1.807, 2.05) is 18.2 Å². The number of methoxy groups -OCH3 is 1. The van der Waals surface area contributed by atoms with Crippen molar-refractivity contribution in [1.29, 1.82) is 0 Å². The number of fused-ring (bicyclic) bond motifs is 1. The molecule has 2 aliphatic rings. The normalized spacial score (nSPS) is 18.0. The summed E-state index contributed by atoms with van der Waals surface area (Å²) in [5.74, 6) is -0.754. The van der Waals surface area contributed by atoms with E-state index in [-0.39, 0.29) is 5.76 Å². The van der Waals surface area contributed by atoms with E-state index in [0.717, 1.165) is 36.5 Å². The zero-order chi connectivity index (χ0) is 20.2. The van der Waals surface area contributed by atoms with Crippen LogP contribution in [0, 0.1) is 0 Å². The summed E-state index contributed by atoms with van der Waals surface area (Å²) in [6.07, 6.45) is 2.06. The topological polar surface area (TPSA) is 78.3 Å². The van der Waals surface area contributed by atoms with Crippen molar-refractivity contribution >= 4 is 28.2 Å². The monoisotopic (exact) mass is 415 g/mol. The number of nitrogens with one attached hydrogen (secondary N) is 2. The van der Waals surface area contributed by atoms with E-state index in [4.69, 9.17) is 14.2 Å². The molecule has 1 amide bonds. The van der Waals surface area contributed by atoms with E-state index < -0.39 is 11.9 Å². The number of rotatable bonds is 5. The van der Waals surface area contributed by atoms with Crippen molar-refractivity contribution in [3.05, 3.63) is 63.9 Å². The van der Waals surface area contributed by atoms with Gasteiger partial charge in [0.15, 0.2) is 0 Å². The number of carbonyl (C=O) groups is 2. The molecule has 1 aromatic carbocycles. The second-order valence-corrected chi connectivity index (χ2v) is 8.05. The van der Waals surface area contributed by atoms with Crippen LogP contribution in [0.1, 0.15) is 26.4 Å². The van der Waals surface area contributed by atoms with Gasteiger partial charge < -0.3 is 24.4 Å². The standard InChI is InChI=1S/C21H22N2O5S/c1-26-21(25)18-15-7-8-23(11-14-5-3-2-4-6-14)12-17(15)29-20(18)22-19(24)16-13-27-9-10-28-16/h2-6,13H,7-12H2,1H3,(H,22,24)/p+1. The first kappa shape index (κ1) is 19.5. The Bertz CT molecular complexity index is 938. The Morgan fingerprint density at radius 1 is 1.24 bits per heavy atom. The zero-order valence-corrected chi connectivity index (χ0v) is 17.0. The van der Waals surface area contributed by atoms with Gasteiger partial charge in [0.2, 0.25) is 5.76 Å². The largest absolute Gasteiger partial charge is 0.494 e. The van der Waals surface area contributed by atoms with Crippen molar-refractivity contribution in [2.45, 2.75) is 19.5 Å². The van der Waals surface area contributed by atoms with Crippen molar-refractivity contribution in [3.63, 3.8) is 0 Å². The van der Waals surface area contributed by atoms with Crippen LogP contribution in [0.2, 0.25) is 0 Å². The second-order valence-electron chi connectivity index (χ2n) is 6.94. The van der Waals surface area contributed by atoms with Crippen LogP contribution in [0.5, 0.6) is 0 Å². The van der Waals surface area contributed by atoms with Crippen LogP contribution in [-0.4, -0.2) is 38.7 Å². The van der Waals surface area contributed by atoms with Crippen LogP contribution in [0.3, 0.4) is 0 Å². The lowest BCUT2D eigenvalue weighted by Crippen LogP contribution is -3.10. The summed E-state index contributed by atoms with van der Waals surface area (Å²) >= 11 is 1.44. The molecule has 2 aliphatic heterocycles. The molecule has 1 unspecified atom stereocenters. The Morgan fingerprint density at radius 3 is 2.79 bits per heavy atom. The smallest absolute Gasteiger partial charge is 0.341 e. The number of thiophene rings is 1. The Kier molecular flexibility index (Phi) is 5.82. The number of quaternary nitrogens is 1. The molecule has 0 saturated heterocycles. The number of benzene rings is 1. The average molecular weight is 415 g/mol. The van der Waals surface area contributed by atoms with Gasteiger partial charge in [-0.25, -0.2) is 4.79 Å². The first-order valence-corrected chi connectivity index (χ1v) is 10.3. The Balaban J connectivity index is 1.56. The van der Waals surface area contributed by atoms with Gasteiger partial charge in [0.05, 0.1) is 24.1 Å². The minimum atomic E-state index is -0.431. The third kappa shape index (κ3) is 4.28. The molecule has 2 aromatic rings. The van der Waals surface area contributed by atoms with E-state index in [0.29, 0.717) is 23.8 Å². The predicted molar refractivity (Wildman–Crippen MR) is 108 cm³/mol. The predicted octanol–water partition coefficient (Wildman–Crippen LogP) is 1.50. The number of ether oxygens (including phenoxy) is 3. The van der Waals surface area contributed by atoms with Crippen LogP contribution in [0.4, 0.5) is 5.00 Å². The maximum absolute atomic E-state index is 12.5. The Labute approximate surface area is 172 Å². The summed E-state index contributed by atoms with van der Waals surface area (Å²) in [6.45, 7) is 3.38. The molecule has 1 atom stereocenters. The zero-order valence-electron chi connectivity index (χ0n) is 16.2. The highest BCUT2D eigenvalue weighted by Gasteiger charge is 2.31. The van der Waals surface area contributed by atoms with E-state index in [1.165, 1.54) is 35.2 Å². The molecule has 3 heterocycles. The lowest BCUT2D eigenvalue weighted by molar-refractivity contribution is -0.929. The highest BCUT2D eigenvalue weighted by atomic mass is 32.1. The van der Waals surface area contributed by atoms with Crippen LogP contribution >= 0.6 is 11.3 Å². The van der Waals surface area contributed by atoms with E-state index in [2.05, 4.69) is 17.4 Å². The highest BCUT2D eigenvalue weighted by molar-refractivity contribution is 7.17. The van der Waals surface area contributed by atoms with Gasteiger partial charge in [0, 0.05) is 12.0 Å². The number of carbonyl (C=O) groups excluding carboxylic acids is 2. The second kappa shape index (κ2) is 8.67. The van der Waals surface area contributed by atoms with Crippen molar-refractivity contribution in [2.24, 2.45) is 0 Å². The molecule has 7 nitrogen and oxygen atoms in total. The van der Waals surface area contributed by atoms with E-state index in [1.54, 1.807) is 0 Å². The quantitative estimate of drug-likeness (QED) is 0.724. The molecule has 1 aromatic heterocycles. The van der Waals surface area contributed by atoms with Crippen molar-refractivity contribution in [2.75, 3.05) is 32.2 Å². The van der Waals surface area contributed by atoms with E-state index >= 15 is 0 Å². The summed E-state index contributed by atoms with van der Waals surface area (Å²) in [4.78, 5) is 27.5. The third-order valence-electron chi connectivity index (χ3n) is 5.02. The number of amides is 1. The summed E-state index contributed by atoms with van der Waals surface area (Å²) < 4.78 is 15.5. The molecule has 2 N–H and O–H groups in total. The van der Waals surface area contributed by atoms with Gasteiger partial charge in [0.1, 0.15) is 37.6 Å². The third-order valence-corrected chi connectivity index (χ3v) is 6.16. The molecule has 152 valence electrons. The lowest BCUT2D eigenvalue weighted by Gasteiger charge is -2.24. The molecule has 0 fully saturated rings. The molecule has 4 rings (SSSR count). The van der Waals surface area contributed by atoms with Gasteiger partial charge in [0.25, 0.3) is 5.91 Å². The summed E-state index contributed by atoms with van der Waals surface area (Å²) in [5, 5.41) is 3.32. The van der Waals surface area contributed by atoms with Crippen molar-refractivity contribution in [3.8, 4) is 0 Å². The van der Waals surface area contributed by atoms with Crippen molar-refractivity contribution in [1.82, 2.24) is 0 Å². The number of hydrogen-bond donors (Lipinski definition) is 2. The van der Waals surface area contributed by atoms with Crippen LogP contribution in [0.25, 0.3) is 0 Å². The maximum Gasteiger partial charge on any atom is 0.341 e. The lowest BCUT2D eigenvalue weighted by atomic mass is 10.0. The summed E-state index contributed by atoms with van der Waals surface area (Å²) in [6, 6.07) is 10.4. The summed E-state index contributed by atoms with van der Waals surface area (Å²) in [5.41, 5.74) is 2.71. The molecule has 8 heteroatoms. The first-order valence-electron chi connectivity index (χ1n) is 9.52. The summed E-state index contributed by atoms with van der Waals surface area (Å²) in [7, 11) is 1.36. The average Bonchev–Trinajstić information content (AvgIpc) is 3.11. The molecule has 0 bridgehead atoms. The fourth-order valence-corrected chi connectivity index (χ4v) is 4.93. The SMILES string of the molecule is COC(=O)c1c(NC(=O)C2=COCCO2)sc2c1CC[NH+](Cc1ccccc1)C2. The fourth-order valence-electron chi connectivity index (χ4n) is 3.63. The Morgan fingerprint density at radius 2 is 2.07 bits per heavy atom. The van der Waals surface area contributed by atoms with Crippen molar-refractivity contribution < 1.29 is 28.7 Å². The van der Waals surface area contributed by atoms with Gasteiger partial charge in [-0.1, -0.05) is 30.3 Å². The van der Waals surface area contributed by atoms with Gasteiger partial charge >= 0.3 is 5.97 Å². The van der Waals surface area contributed by atoms with Gasteiger partial charge in [-0.15, -0.1) is 11.3 Å². The molecule has 0 aliphatic carbocycles. The maximum atomic E-state index is 12.5. The molecule has 0 saturated carbocycles. The first-order chi connectivity index (χ1) is 14.2. The van der Waals surface area contributed by atoms with Crippen LogP contribution in [0.15, 0.2) is 42.4 Å². The molecular weight excluding hydrogens is 392 g/mol. The number of esters is 1. The molecule has 0 radical (unpaired) electrons. The number of hydrogen-bond acceptors (Lipinski definition) is 6. The minimum Gasteiger partial charge on any atom is -0.494 e. The van der Waals surface area contributed by atoms with E-state index in [9.17, 15) is 9.59 Å². The number of anilines is 1.